The molecule has 1 rings (SSSR count). The first-order chi connectivity index (χ1) is 10.3. The molecule has 3 nitrogen and oxygen atoms in total. The standard InChI is InChI=1S/C15H18F5NO2/c1-14(2,3)23-13(22)11(21)5-4-8-6-9(16)12(10(17)7-8)15(18,19)20/h6-7,11H,4-5,21H2,1-3H3/t11-/m0/s1. The van der Waals surface area contributed by atoms with Gasteiger partial charge in [-0.2, -0.15) is 13.2 Å². The molecule has 0 radical (unpaired) electrons. The molecule has 8 heteroatoms. The van der Waals surface area contributed by atoms with Gasteiger partial charge in [-0.3, -0.25) is 4.79 Å². The smallest absolute Gasteiger partial charge is 0.422 e. The number of hydrogen-bond donors (Lipinski definition) is 1. The van der Waals surface area contributed by atoms with Crippen LogP contribution in [0.15, 0.2) is 12.1 Å². The number of carbonyl (C=O) groups excluding carboxylic acids is 1. The first-order valence-corrected chi connectivity index (χ1v) is 6.85. The number of esters is 1. The minimum atomic E-state index is -5.11. The summed E-state index contributed by atoms with van der Waals surface area (Å²) in [6.07, 6.45) is -5.19. The van der Waals surface area contributed by atoms with Crippen LogP contribution in [-0.4, -0.2) is 17.6 Å². The Morgan fingerprint density at radius 2 is 1.65 bits per heavy atom. The number of hydrogen-bond acceptors (Lipinski definition) is 3. The molecule has 0 aliphatic heterocycles. The lowest BCUT2D eigenvalue weighted by atomic mass is 10.0. The van der Waals surface area contributed by atoms with Gasteiger partial charge in [0.2, 0.25) is 0 Å². The van der Waals surface area contributed by atoms with Gasteiger partial charge in [-0.1, -0.05) is 0 Å². The largest absolute Gasteiger partial charge is 0.459 e. The highest BCUT2D eigenvalue weighted by atomic mass is 19.4. The molecular formula is C15H18F5NO2. The van der Waals surface area contributed by atoms with Gasteiger partial charge in [0.05, 0.1) is 0 Å². The van der Waals surface area contributed by atoms with Crippen molar-refractivity contribution in [2.24, 2.45) is 5.73 Å². The van der Waals surface area contributed by atoms with E-state index >= 15 is 0 Å². The molecule has 1 atom stereocenters. The molecule has 0 aliphatic carbocycles. The van der Waals surface area contributed by atoms with Gasteiger partial charge in [0.25, 0.3) is 0 Å². The van der Waals surface area contributed by atoms with E-state index in [-0.39, 0.29) is 18.4 Å². The number of ether oxygens (including phenoxy) is 1. The van der Waals surface area contributed by atoms with E-state index in [9.17, 15) is 26.7 Å². The molecule has 0 spiro atoms. The maximum Gasteiger partial charge on any atom is 0.422 e. The van der Waals surface area contributed by atoms with Gasteiger partial charge in [-0.25, -0.2) is 8.78 Å². The lowest BCUT2D eigenvalue weighted by Crippen LogP contribution is -2.37. The number of aryl methyl sites for hydroxylation is 1. The molecular weight excluding hydrogens is 321 g/mol. The molecule has 0 aromatic heterocycles. The molecule has 1 aromatic rings. The number of rotatable bonds is 4. The topological polar surface area (TPSA) is 52.3 Å². The number of alkyl halides is 3. The van der Waals surface area contributed by atoms with E-state index < -0.39 is 41.0 Å². The molecule has 130 valence electrons. The molecule has 0 heterocycles. The predicted molar refractivity (Wildman–Crippen MR) is 73.5 cm³/mol. The average molecular weight is 339 g/mol. The second kappa shape index (κ2) is 6.82. The van der Waals surface area contributed by atoms with E-state index in [2.05, 4.69) is 0 Å². The van der Waals surface area contributed by atoms with Crippen LogP contribution < -0.4 is 5.73 Å². The molecule has 0 bridgehead atoms. The van der Waals surface area contributed by atoms with Crippen molar-refractivity contribution in [2.75, 3.05) is 0 Å². The summed E-state index contributed by atoms with van der Waals surface area (Å²) in [6.45, 7) is 4.95. The number of nitrogens with two attached hydrogens (primary N) is 1. The minimum Gasteiger partial charge on any atom is -0.459 e. The highest BCUT2D eigenvalue weighted by Crippen LogP contribution is 2.34. The fourth-order valence-corrected chi connectivity index (χ4v) is 1.86. The van der Waals surface area contributed by atoms with Crippen molar-refractivity contribution < 1.29 is 31.5 Å². The van der Waals surface area contributed by atoms with E-state index in [0.29, 0.717) is 12.1 Å². The van der Waals surface area contributed by atoms with Gasteiger partial charge < -0.3 is 10.5 Å². The van der Waals surface area contributed by atoms with Gasteiger partial charge in [-0.05, 0) is 51.3 Å². The lowest BCUT2D eigenvalue weighted by molar-refractivity contribution is -0.156. The number of halogens is 5. The summed E-state index contributed by atoms with van der Waals surface area (Å²) in [5.74, 6) is -4.08. The van der Waals surface area contributed by atoms with Crippen molar-refractivity contribution in [3.8, 4) is 0 Å². The fourth-order valence-electron chi connectivity index (χ4n) is 1.86. The Bertz CT molecular complexity index is 555. The predicted octanol–water partition coefficient (Wildman–Crippen LogP) is 3.59. The first kappa shape index (κ1) is 19.3. The van der Waals surface area contributed by atoms with Crippen LogP contribution in [0.25, 0.3) is 0 Å². The van der Waals surface area contributed by atoms with E-state index in [0.717, 1.165) is 0 Å². The maximum absolute atomic E-state index is 13.4. The summed E-state index contributed by atoms with van der Waals surface area (Å²) < 4.78 is 69.3. The molecule has 0 saturated heterocycles. The number of carbonyl (C=O) groups is 1. The molecule has 0 amide bonds. The third-order valence-corrected chi connectivity index (χ3v) is 2.84. The van der Waals surface area contributed by atoms with Crippen LogP contribution in [0.2, 0.25) is 0 Å². The Balaban J connectivity index is 2.78. The third-order valence-electron chi connectivity index (χ3n) is 2.84. The molecule has 1 aromatic carbocycles. The summed E-state index contributed by atoms with van der Waals surface area (Å²) in [5.41, 5.74) is 2.92. The molecule has 0 saturated carbocycles. The van der Waals surface area contributed by atoms with Gasteiger partial charge >= 0.3 is 12.1 Å². The molecule has 0 fully saturated rings. The van der Waals surface area contributed by atoms with Crippen molar-refractivity contribution in [1.29, 1.82) is 0 Å². The highest BCUT2D eigenvalue weighted by molar-refractivity contribution is 5.75. The van der Waals surface area contributed by atoms with E-state index in [4.69, 9.17) is 10.5 Å². The second-order valence-electron chi connectivity index (χ2n) is 6.11. The van der Waals surface area contributed by atoms with Crippen molar-refractivity contribution in [2.45, 2.75) is 51.4 Å². The lowest BCUT2D eigenvalue weighted by Gasteiger charge is -2.22. The first-order valence-electron chi connectivity index (χ1n) is 6.85. The van der Waals surface area contributed by atoms with Crippen LogP contribution in [0.5, 0.6) is 0 Å². The summed E-state index contributed by atoms with van der Waals surface area (Å²) in [7, 11) is 0. The molecule has 0 aliphatic rings. The molecule has 23 heavy (non-hydrogen) atoms. The molecule has 2 N–H and O–H groups in total. The Labute approximate surface area is 130 Å². The monoisotopic (exact) mass is 339 g/mol. The average Bonchev–Trinajstić information content (AvgIpc) is 2.31. The summed E-state index contributed by atoms with van der Waals surface area (Å²) >= 11 is 0. The van der Waals surface area contributed by atoms with Crippen molar-refractivity contribution in [3.63, 3.8) is 0 Å². The summed E-state index contributed by atoms with van der Waals surface area (Å²) in [4.78, 5) is 11.7. The van der Waals surface area contributed by atoms with Crippen LogP contribution in [-0.2, 0) is 22.1 Å². The molecule has 0 unspecified atom stereocenters. The fraction of sp³-hybridized carbons (Fsp3) is 0.533. The van der Waals surface area contributed by atoms with Gasteiger partial charge in [0.15, 0.2) is 0 Å². The number of benzene rings is 1. The SMILES string of the molecule is CC(C)(C)OC(=O)[C@@H](N)CCc1cc(F)c(C(F)(F)F)c(F)c1. The Morgan fingerprint density at radius 3 is 2.04 bits per heavy atom. The van der Waals surface area contributed by atoms with Gasteiger partial charge in [0, 0.05) is 0 Å². The second-order valence-corrected chi connectivity index (χ2v) is 6.11. The van der Waals surface area contributed by atoms with E-state index in [1.807, 2.05) is 0 Å². The Hall–Kier alpha value is -1.70. The Kier molecular flexibility index (Phi) is 5.74. The van der Waals surface area contributed by atoms with Crippen molar-refractivity contribution in [3.05, 3.63) is 34.9 Å². The quantitative estimate of drug-likeness (QED) is 0.674. The van der Waals surface area contributed by atoms with E-state index in [1.165, 1.54) is 0 Å². The van der Waals surface area contributed by atoms with Gasteiger partial charge in [0.1, 0.15) is 28.8 Å². The van der Waals surface area contributed by atoms with Crippen molar-refractivity contribution in [1.82, 2.24) is 0 Å². The summed E-state index contributed by atoms with van der Waals surface area (Å²) in [5, 5.41) is 0. The van der Waals surface area contributed by atoms with Crippen LogP contribution in [0.1, 0.15) is 38.3 Å². The third kappa shape index (κ3) is 5.78. The van der Waals surface area contributed by atoms with Crippen LogP contribution in [0, 0.1) is 11.6 Å². The normalized spacial score (nSPS) is 13.8. The van der Waals surface area contributed by atoms with Crippen molar-refractivity contribution >= 4 is 5.97 Å². The van der Waals surface area contributed by atoms with Crippen LogP contribution >= 0.6 is 0 Å². The van der Waals surface area contributed by atoms with Crippen LogP contribution in [0.4, 0.5) is 22.0 Å². The zero-order valence-corrected chi connectivity index (χ0v) is 12.9. The minimum absolute atomic E-state index is 0.0147. The zero-order valence-electron chi connectivity index (χ0n) is 12.9. The van der Waals surface area contributed by atoms with Gasteiger partial charge in [-0.15, -0.1) is 0 Å². The highest BCUT2D eigenvalue weighted by Gasteiger charge is 2.37. The van der Waals surface area contributed by atoms with E-state index in [1.54, 1.807) is 20.8 Å². The summed E-state index contributed by atoms with van der Waals surface area (Å²) in [6, 6.07) is 0.143. The maximum atomic E-state index is 13.4. The Morgan fingerprint density at radius 1 is 1.17 bits per heavy atom. The zero-order chi connectivity index (χ0) is 18.0. The van der Waals surface area contributed by atoms with Crippen LogP contribution in [0.3, 0.4) is 0 Å².